The molecule has 19 heavy (non-hydrogen) atoms. The van der Waals surface area contributed by atoms with Crippen LogP contribution in [0.4, 0.5) is 8.78 Å². The Balaban J connectivity index is 2.20. The van der Waals surface area contributed by atoms with Crippen LogP contribution in [-0.2, 0) is 0 Å². The molecule has 106 valence electrons. The largest absolute Gasteiger partial charge is 0.313 e. The fourth-order valence-electron chi connectivity index (χ4n) is 3.25. The zero-order valence-corrected chi connectivity index (χ0v) is 12.0. The van der Waals surface area contributed by atoms with Gasteiger partial charge in [0.15, 0.2) is 0 Å². The van der Waals surface area contributed by atoms with Gasteiger partial charge in [0.05, 0.1) is 0 Å². The molecule has 0 aromatic heterocycles. The monoisotopic (exact) mass is 267 g/mol. The van der Waals surface area contributed by atoms with E-state index in [1.165, 1.54) is 18.2 Å². The molecular weight excluding hydrogens is 244 g/mol. The summed E-state index contributed by atoms with van der Waals surface area (Å²) in [4.78, 5) is 0. The fraction of sp³-hybridized carbons (Fsp3) is 0.625. The van der Waals surface area contributed by atoms with Crippen LogP contribution in [0.15, 0.2) is 18.2 Å². The van der Waals surface area contributed by atoms with Gasteiger partial charge in [-0.15, -0.1) is 0 Å². The van der Waals surface area contributed by atoms with E-state index in [9.17, 15) is 8.78 Å². The summed E-state index contributed by atoms with van der Waals surface area (Å²) in [5.74, 6) is -0.512. The van der Waals surface area contributed by atoms with Gasteiger partial charge in [-0.3, -0.25) is 0 Å². The van der Waals surface area contributed by atoms with Gasteiger partial charge in [0.1, 0.15) is 11.6 Å². The topological polar surface area (TPSA) is 12.0 Å². The molecule has 1 fully saturated rings. The van der Waals surface area contributed by atoms with Crippen molar-refractivity contribution in [1.82, 2.24) is 5.32 Å². The van der Waals surface area contributed by atoms with Crippen LogP contribution in [0.1, 0.15) is 51.5 Å². The van der Waals surface area contributed by atoms with Crippen molar-refractivity contribution in [2.75, 3.05) is 6.54 Å². The Kier molecular flexibility index (Phi) is 4.24. The quantitative estimate of drug-likeness (QED) is 0.841. The van der Waals surface area contributed by atoms with E-state index in [1.807, 2.05) is 0 Å². The summed E-state index contributed by atoms with van der Waals surface area (Å²) in [6.45, 7) is 7.43. The lowest BCUT2D eigenvalue weighted by Gasteiger charge is -2.55. The van der Waals surface area contributed by atoms with Crippen molar-refractivity contribution in [1.29, 1.82) is 0 Å². The summed E-state index contributed by atoms with van der Waals surface area (Å²) in [7, 11) is 0. The SMILES string of the molecule is CCCNC1CC(c2cc(F)ccc2F)C1(C)CC. The molecule has 0 amide bonds. The van der Waals surface area contributed by atoms with Crippen LogP contribution in [0.2, 0.25) is 0 Å². The lowest BCUT2D eigenvalue weighted by molar-refractivity contribution is 0.0423. The first-order valence-electron chi connectivity index (χ1n) is 7.21. The molecule has 0 heterocycles. The van der Waals surface area contributed by atoms with Gasteiger partial charge in [-0.05, 0) is 60.9 Å². The molecule has 0 radical (unpaired) electrons. The standard InChI is InChI=1S/C16H23F2N/c1-4-8-19-15-10-13(16(15,3)5-2)12-9-11(17)6-7-14(12)18/h6-7,9,13,15,19H,4-5,8,10H2,1-3H3. The van der Waals surface area contributed by atoms with Crippen molar-refractivity contribution in [3.8, 4) is 0 Å². The third-order valence-corrected chi connectivity index (χ3v) is 4.80. The van der Waals surface area contributed by atoms with Crippen LogP contribution in [0.3, 0.4) is 0 Å². The number of hydrogen-bond donors (Lipinski definition) is 1. The van der Waals surface area contributed by atoms with Gasteiger partial charge >= 0.3 is 0 Å². The van der Waals surface area contributed by atoms with E-state index in [-0.39, 0.29) is 23.0 Å². The van der Waals surface area contributed by atoms with Gasteiger partial charge in [-0.2, -0.15) is 0 Å². The number of benzene rings is 1. The van der Waals surface area contributed by atoms with Crippen molar-refractivity contribution in [2.45, 2.75) is 52.0 Å². The molecule has 1 N–H and O–H groups in total. The van der Waals surface area contributed by atoms with Crippen LogP contribution >= 0.6 is 0 Å². The Morgan fingerprint density at radius 2 is 2.05 bits per heavy atom. The van der Waals surface area contributed by atoms with E-state index in [0.29, 0.717) is 11.6 Å². The molecule has 0 spiro atoms. The van der Waals surface area contributed by atoms with Crippen molar-refractivity contribution in [2.24, 2.45) is 5.41 Å². The maximum Gasteiger partial charge on any atom is 0.126 e. The Morgan fingerprint density at radius 3 is 2.68 bits per heavy atom. The van der Waals surface area contributed by atoms with E-state index in [2.05, 4.69) is 26.1 Å². The molecular formula is C16H23F2N. The summed E-state index contributed by atoms with van der Waals surface area (Å²) < 4.78 is 27.3. The molecule has 3 heteroatoms. The molecule has 0 bridgehead atoms. The first-order valence-corrected chi connectivity index (χ1v) is 7.21. The first kappa shape index (κ1) is 14.4. The van der Waals surface area contributed by atoms with E-state index >= 15 is 0 Å². The maximum absolute atomic E-state index is 13.9. The second-order valence-corrected chi connectivity index (χ2v) is 5.82. The predicted molar refractivity (Wildman–Crippen MR) is 74.2 cm³/mol. The van der Waals surface area contributed by atoms with E-state index in [4.69, 9.17) is 0 Å². The molecule has 1 saturated carbocycles. The van der Waals surface area contributed by atoms with E-state index in [1.54, 1.807) is 0 Å². The Morgan fingerprint density at radius 1 is 1.32 bits per heavy atom. The van der Waals surface area contributed by atoms with Gasteiger partial charge in [0.2, 0.25) is 0 Å². The van der Waals surface area contributed by atoms with Crippen LogP contribution in [-0.4, -0.2) is 12.6 Å². The van der Waals surface area contributed by atoms with Crippen molar-refractivity contribution < 1.29 is 8.78 Å². The number of rotatable bonds is 5. The summed E-state index contributed by atoms with van der Waals surface area (Å²) >= 11 is 0. The van der Waals surface area contributed by atoms with Crippen molar-refractivity contribution in [3.05, 3.63) is 35.4 Å². The molecule has 0 saturated heterocycles. The lowest BCUT2D eigenvalue weighted by atomic mass is 9.54. The average Bonchev–Trinajstić information content (AvgIpc) is 2.40. The number of hydrogen-bond acceptors (Lipinski definition) is 1. The average molecular weight is 267 g/mol. The highest BCUT2D eigenvalue weighted by atomic mass is 19.1. The molecule has 1 aliphatic carbocycles. The van der Waals surface area contributed by atoms with Gasteiger partial charge in [0, 0.05) is 6.04 Å². The highest BCUT2D eigenvalue weighted by Gasteiger charge is 2.51. The predicted octanol–water partition coefficient (Wildman–Crippen LogP) is 4.24. The maximum atomic E-state index is 13.9. The minimum absolute atomic E-state index is 0.0177. The third kappa shape index (κ3) is 2.53. The molecule has 3 atom stereocenters. The molecule has 2 rings (SSSR count). The van der Waals surface area contributed by atoms with Crippen LogP contribution in [0.5, 0.6) is 0 Å². The number of halogens is 2. The molecule has 0 aliphatic heterocycles. The van der Waals surface area contributed by atoms with Crippen molar-refractivity contribution >= 4 is 0 Å². The summed E-state index contributed by atoms with van der Waals surface area (Å²) in [5, 5.41) is 3.53. The summed E-state index contributed by atoms with van der Waals surface area (Å²) in [6, 6.07) is 4.20. The van der Waals surface area contributed by atoms with Crippen LogP contribution in [0, 0.1) is 17.0 Å². The minimum Gasteiger partial charge on any atom is -0.313 e. The first-order chi connectivity index (χ1) is 9.02. The molecule has 1 nitrogen and oxygen atoms in total. The normalized spacial score (nSPS) is 30.2. The second kappa shape index (κ2) is 5.58. The second-order valence-electron chi connectivity index (χ2n) is 5.82. The van der Waals surface area contributed by atoms with Gasteiger partial charge < -0.3 is 5.32 Å². The van der Waals surface area contributed by atoms with Gasteiger partial charge in [-0.1, -0.05) is 20.8 Å². The zero-order valence-electron chi connectivity index (χ0n) is 12.0. The fourth-order valence-corrected chi connectivity index (χ4v) is 3.25. The highest BCUT2D eigenvalue weighted by molar-refractivity contribution is 5.30. The van der Waals surface area contributed by atoms with E-state index < -0.39 is 0 Å². The molecule has 1 aliphatic rings. The minimum atomic E-state index is -0.347. The van der Waals surface area contributed by atoms with Crippen molar-refractivity contribution in [3.63, 3.8) is 0 Å². The van der Waals surface area contributed by atoms with Gasteiger partial charge in [0.25, 0.3) is 0 Å². The Labute approximate surface area is 114 Å². The zero-order chi connectivity index (χ0) is 14.0. The Bertz CT molecular complexity index is 446. The van der Waals surface area contributed by atoms with Gasteiger partial charge in [-0.25, -0.2) is 8.78 Å². The molecule has 1 aromatic rings. The van der Waals surface area contributed by atoms with E-state index in [0.717, 1.165) is 25.8 Å². The lowest BCUT2D eigenvalue weighted by Crippen LogP contribution is -2.57. The smallest absolute Gasteiger partial charge is 0.126 e. The highest BCUT2D eigenvalue weighted by Crippen LogP contribution is 2.55. The van der Waals surface area contributed by atoms with Crippen LogP contribution < -0.4 is 5.32 Å². The Hall–Kier alpha value is -0.960. The summed E-state index contributed by atoms with van der Waals surface area (Å²) in [6.07, 6.45) is 2.95. The third-order valence-electron chi connectivity index (χ3n) is 4.80. The summed E-state index contributed by atoms with van der Waals surface area (Å²) in [5.41, 5.74) is 0.558. The number of nitrogens with one attached hydrogen (secondary N) is 1. The molecule has 1 aromatic carbocycles. The molecule has 3 unspecified atom stereocenters. The van der Waals surface area contributed by atoms with Crippen LogP contribution in [0.25, 0.3) is 0 Å².